The summed E-state index contributed by atoms with van der Waals surface area (Å²) < 4.78 is 1.59. The summed E-state index contributed by atoms with van der Waals surface area (Å²) in [5.74, 6) is -1.15. The van der Waals surface area contributed by atoms with Crippen LogP contribution < -0.4 is 11.1 Å². The van der Waals surface area contributed by atoms with Gasteiger partial charge in [0.15, 0.2) is 5.69 Å². The maximum Gasteiger partial charge on any atom is 0.274 e. The van der Waals surface area contributed by atoms with Gasteiger partial charge in [0.1, 0.15) is 6.04 Å². The molecule has 7 nitrogen and oxygen atoms in total. The van der Waals surface area contributed by atoms with Crippen LogP contribution in [0.4, 0.5) is 0 Å². The van der Waals surface area contributed by atoms with Gasteiger partial charge in [-0.1, -0.05) is 47.7 Å². The van der Waals surface area contributed by atoms with Crippen LogP contribution in [0, 0.1) is 13.8 Å². The van der Waals surface area contributed by atoms with Crippen LogP contribution >= 0.6 is 0 Å². The highest BCUT2D eigenvalue weighted by Crippen LogP contribution is 2.16. The molecule has 26 heavy (non-hydrogen) atoms. The molecule has 1 atom stereocenters. The predicted octanol–water partition coefficient (Wildman–Crippen LogP) is 1.84. The number of carbonyl (C=O) groups excluding carboxylic acids is 2. The lowest BCUT2D eigenvalue weighted by molar-refractivity contribution is -0.120. The highest BCUT2D eigenvalue weighted by atomic mass is 16.2. The van der Waals surface area contributed by atoms with E-state index in [1.807, 2.05) is 37.3 Å². The van der Waals surface area contributed by atoms with E-state index in [-0.39, 0.29) is 5.69 Å². The fourth-order valence-electron chi connectivity index (χ4n) is 2.71. The summed E-state index contributed by atoms with van der Waals surface area (Å²) >= 11 is 0. The third kappa shape index (κ3) is 3.46. The van der Waals surface area contributed by atoms with E-state index in [0.717, 1.165) is 11.3 Å². The first-order valence-corrected chi connectivity index (χ1v) is 8.12. The Hall–Kier alpha value is -3.48. The van der Waals surface area contributed by atoms with E-state index < -0.39 is 17.9 Å². The molecule has 0 unspecified atom stereocenters. The van der Waals surface area contributed by atoms with Crippen LogP contribution in [-0.4, -0.2) is 26.8 Å². The SMILES string of the molecule is Cc1cccc(-n2nnc(C(=O)N[C@H](C(N)=O)c3ccccc3)c2C)c1. The average Bonchev–Trinajstić information content (AvgIpc) is 3.01. The van der Waals surface area contributed by atoms with Gasteiger partial charge in [-0.3, -0.25) is 9.59 Å². The van der Waals surface area contributed by atoms with Crippen LogP contribution in [-0.2, 0) is 4.79 Å². The zero-order valence-corrected chi connectivity index (χ0v) is 14.5. The van der Waals surface area contributed by atoms with Crippen LogP contribution in [0.1, 0.15) is 33.4 Å². The van der Waals surface area contributed by atoms with Gasteiger partial charge in [-0.05, 0) is 37.1 Å². The van der Waals surface area contributed by atoms with E-state index in [1.54, 1.807) is 35.9 Å². The first-order valence-electron chi connectivity index (χ1n) is 8.12. The van der Waals surface area contributed by atoms with E-state index in [4.69, 9.17) is 5.73 Å². The summed E-state index contributed by atoms with van der Waals surface area (Å²) in [7, 11) is 0. The minimum absolute atomic E-state index is 0.147. The van der Waals surface area contributed by atoms with Crippen LogP contribution in [0.15, 0.2) is 54.6 Å². The Bertz CT molecular complexity index is 950. The molecule has 7 heteroatoms. The number of nitrogens with one attached hydrogen (secondary N) is 1. The summed E-state index contributed by atoms with van der Waals surface area (Å²) in [4.78, 5) is 24.4. The molecule has 3 rings (SSSR count). The van der Waals surface area contributed by atoms with E-state index >= 15 is 0 Å². The van der Waals surface area contributed by atoms with Gasteiger partial charge in [0.05, 0.1) is 11.4 Å². The lowest BCUT2D eigenvalue weighted by Crippen LogP contribution is -2.37. The molecule has 3 aromatic rings. The number of primary amides is 1. The molecule has 0 saturated heterocycles. The molecule has 0 radical (unpaired) electrons. The Balaban J connectivity index is 1.87. The fourth-order valence-corrected chi connectivity index (χ4v) is 2.71. The molecule has 2 aromatic carbocycles. The van der Waals surface area contributed by atoms with Crippen LogP contribution in [0.25, 0.3) is 5.69 Å². The van der Waals surface area contributed by atoms with Crippen molar-refractivity contribution >= 4 is 11.8 Å². The third-order valence-electron chi connectivity index (χ3n) is 4.05. The largest absolute Gasteiger partial charge is 0.368 e. The normalized spacial score (nSPS) is 11.8. The second kappa shape index (κ2) is 7.18. The lowest BCUT2D eigenvalue weighted by atomic mass is 10.1. The molecule has 1 heterocycles. The van der Waals surface area contributed by atoms with Crippen LogP contribution in [0.5, 0.6) is 0 Å². The Morgan fingerprint density at radius 3 is 2.46 bits per heavy atom. The Labute approximate surface area is 150 Å². The van der Waals surface area contributed by atoms with Crippen molar-refractivity contribution in [2.75, 3.05) is 0 Å². The Kier molecular flexibility index (Phi) is 4.79. The van der Waals surface area contributed by atoms with Gasteiger partial charge >= 0.3 is 0 Å². The van der Waals surface area contributed by atoms with Gasteiger partial charge in [0.2, 0.25) is 5.91 Å². The summed E-state index contributed by atoms with van der Waals surface area (Å²) in [5, 5.41) is 10.7. The molecular formula is C19H19N5O2. The van der Waals surface area contributed by atoms with Crippen molar-refractivity contribution < 1.29 is 9.59 Å². The molecule has 132 valence electrons. The Morgan fingerprint density at radius 1 is 1.08 bits per heavy atom. The molecule has 0 aliphatic rings. The number of nitrogens with zero attached hydrogens (tertiary/aromatic N) is 3. The molecular weight excluding hydrogens is 330 g/mol. The molecule has 1 aromatic heterocycles. The average molecular weight is 349 g/mol. The van der Waals surface area contributed by atoms with E-state index in [1.165, 1.54) is 0 Å². The third-order valence-corrected chi connectivity index (χ3v) is 4.05. The van der Waals surface area contributed by atoms with Crippen LogP contribution in [0.2, 0.25) is 0 Å². The lowest BCUT2D eigenvalue weighted by Gasteiger charge is -2.15. The fraction of sp³-hybridized carbons (Fsp3) is 0.158. The van der Waals surface area contributed by atoms with E-state index in [2.05, 4.69) is 15.6 Å². The highest BCUT2D eigenvalue weighted by molar-refractivity contribution is 5.96. The number of aryl methyl sites for hydroxylation is 1. The number of nitrogens with two attached hydrogens (primary N) is 1. The standard InChI is InChI=1S/C19H19N5O2/c1-12-7-6-10-15(11-12)24-13(2)16(22-23-24)19(26)21-17(18(20)25)14-8-4-3-5-9-14/h3-11,17H,1-2H3,(H2,20,25)(H,21,26)/t17-/m0/s1. The number of rotatable bonds is 5. The van der Waals surface area contributed by atoms with Crippen molar-refractivity contribution in [1.82, 2.24) is 20.3 Å². The van der Waals surface area contributed by atoms with Gasteiger partial charge in [-0.25, -0.2) is 4.68 Å². The smallest absolute Gasteiger partial charge is 0.274 e. The maximum absolute atomic E-state index is 12.6. The minimum atomic E-state index is -0.938. The van der Waals surface area contributed by atoms with Gasteiger partial charge < -0.3 is 11.1 Å². The van der Waals surface area contributed by atoms with Gasteiger partial charge in [0.25, 0.3) is 5.91 Å². The molecule has 3 N–H and O–H groups in total. The molecule has 0 aliphatic heterocycles. The van der Waals surface area contributed by atoms with Gasteiger partial charge in [0, 0.05) is 0 Å². The number of carbonyl (C=O) groups is 2. The first-order chi connectivity index (χ1) is 12.5. The molecule has 0 aliphatic carbocycles. The second-order valence-corrected chi connectivity index (χ2v) is 5.99. The monoisotopic (exact) mass is 349 g/mol. The Morgan fingerprint density at radius 2 is 1.81 bits per heavy atom. The molecule has 0 bridgehead atoms. The summed E-state index contributed by atoms with van der Waals surface area (Å²) in [6, 6.07) is 15.6. The zero-order valence-electron chi connectivity index (χ0n) is 14.5. The minimum Gasteiger partial charge on any atom is -0.368 e. The molecule has 0 saturated carbocycles. The topological polar surface area (TPSA) is 103 Å². The van der Waals surface area contributed by atoms with Crippen molar-refractivity contribution in [3.63, 3.8) is 0 Å². The highest BCUT2D eigenvalue weighted by Gasteiger charge is 2.24. The van der Waals surface area contributed by atoms with Crippen LogP contribution in [0.3, 0.4) is 0 Å². The van der Waals surface area contributed by atoms with Crippen molar-refractivity contribution in [2.45, 2.75) is 19.9 Å². The van der Waals surface area contributed by atoms with Gasteiger partial charge in [-0.15, -0.1) is 5.10 Å². The predicted molar refractivity (Wildman–Crippen MR) is 96.7 cm³/mol. The molecule has 0 spiro atoms. The maximum atomic E-state index is 12.6. The number of hydrogen-bond acceptors (Lipinski definition) is 4. The summed E-state index contributed by atoms with van der Waals surface area (Å²) in [5.41, 5.74) is 8.66. The van der Waals surface area contributed by atoms with Crippen molar-refractivity contribution in [1.29, 1.82) is 0 Å². The van der Waals surface area contributed by atoms with Crippen molar-refractivity contribution in [3.05, 3.63) is 77.1 Å². The number of hydrogen-bond donors (Lipinski definition) is 2. The van der Waals surface area contributed by atoms with Crippen molar-refractivity contribution in [2.24, 2.45) is 5.73 Å². The summed E-state index contributed by atoms with van der Waals surface area (Å²) in [6.07, 6.45) is 0. The zero-order chi connectivity index (χ0) is 18.7. The molecule has 2 amide bonds. The number of aromatic nitrogens is 3. The van der Waals surface area contributed by atoms with Gasteiger partial charge in [-0.2, -0.15) is 0 Å². The summed E-state index contributed by atoms with van der Waals surface area (Å²) in [6.45, 7) is 3.72. The number of benzene rings is 2. The van der Waals surface area contributed by atoms with E-state index in [9.17, 15) is 9.59 Å². The van der Waals surface area contributed by atoms with Crippen molar-refractivity contribution in [3.8, 4) is 5.69 Å². The first kappa shape index (κ1) is 17.3. The second-order valence-electron chi connectivity index (χ2n) is 5.99. The molecule has 0 fully saturated rings. The quantitative estimate of drug-likeness (QED) is 0.733. The number of amides is 2. The van der Waals surface area contributed by atoms with E-state index in [0.29, 0.717) is 11.3 Å².